The van der Waals surface area contributed by atoms with Crippen molar-refractivity contribution >= 4 is 18.7 Å². The van der Waals surface area contributed by atoms with Gasteiger partial charge >= 0.3 is 0 Å². The van der Waals surface area contributed by atoms with Crippen LogP contribution in [0.25, 0.3) is 6.08 Å². The molecule has 0 bridgehead atoms. The van der Waals surface area contributed by atoms with Gasteiger partial charge in [0.05, 0.1) is 0 Å². The quantitative estimate of drug-likeness (QED) is 0.681. The van der Waals surface area contributed by atoms with Crippen molar-refractivity contribution in [2.45, 2.75) is 20.8 Å². The van der Waals surface area contributed by atoms with Gasteiger partial charge in [0.25, 0.3) is 0 Å². The molecule has 70 valence electrons. The van der Waals surface area contributed by atoms with E-state index in [9.17, 15) is 0 Å². The van der Waals surface area contributed by atoms with Crippen molar-refractivity contribution in [1.82, 2.24) is 0 Å². The molecule has 0 fully saturated rings. The number of benzene rings is 1. The molecule has 0 nitrogen and oxygen atoms in total. The maximum atomic E-state index is 4.14. The normalized spacial score (nSPS) is 11.1. The lowest BCUT2D eigenvalue weighted by Gasteiger charge is -2.05. The molecular weight excluding hydrogens is 176 g/mol. The lowest BCUT2D eigenvalue weighted by molar-refractivity contribution is 1.29. The van der Waals surface area contributed by atoms with E-state index in [1.54, 1.807) is 0 Å². The van der Waals surface area contributed by atoms with Crippen molar-refractivity contribution in [1.29, 1.82) is 0 Å². The van der Waals surface area contributed by atoms with Crippen molar-refractivity contribution in [3.8, 4) is 0 Å². The molecule has 0 saturated heterocycles. The molecule has 0 saturated carbocycles. The SMILES string of the molecule is Cc1cc(C)c(C=CCS)cc1C. The Labute approximate surface area is 86.1 Å². The Morgan fingerprint density at radius 3 is 2.31 bits per heavy atom. The average Bonchev–Trinajstić information content (AvgIpc) is 2.09. The van der Waals surface area contributed by atoms with Crippen LogP contribution in [0.3, 0.4) is 0 Å². The predicted octanol–water partition coefficient (Wildman–Crippen LogP) is 3.55. The van der Waals surface area contributed by atoms with Gasteiger partial charge in [-0.25, -0.2) is 0 Å². The zero-order chi connectivity index (χ0) is 9.84. The molecule has 0 unspecified atom stereocenters. The molecule has 0 aliphatic carbocycles. The number of aryl methyl sites for hydroxylation is 3. The minimum absolute atomic E-state index is 0.798. The molecule has 1 heteroatoms. The van der Waals surface area contributed by atoms with Crippen LogP contribution in [0, 0.1) is 20.8 Å². The van der Waals surface area contributed by atoms with E-state index in [1.807, 2.05) is 0 Å². The molecule has 1 aromatic rings. The van der Waals surface area contributed by atoms with Crippen LogP contribution >= 0.6 is 12.6 Å². The first-order valence-electron chi connectivity index (χ1n) is 4.50. The molecule has 0 aliphatic rings. The highest BCUT2D eigenvalue weighted by atomic mass is 32.1. The summed E-state index contributed by atoms with van der Waals surface area (Å²) in [6.45, 7) is 6.44. The Morgan fingerprint density at radius 1 is 1.08 bits per heavy atom. The first-order valence-corrected chi connectivity index (χ1v) is 5.13. The van der Waals surface area contributed by atoms with E-state index in [4.69, 9.17) is 0 Å². The third kappa shape index (κ3) is 2.63. The van der Waals surface area contributed by atoms with Gasteiger partial charge in [-0.15, -0.1) is 0 Å². The Morgan fingerprint density at radius 2 is 1.69 bits per heavy atom. The van der Waals surface area contributed by atoms with Crippen molar-refractivity contribution in [2.24, 2.45) is 0 Å². The first kappa shape index (κ1) is 10.4. The molecular formula is C12H16S. The summed E-state index contributed by atoms with van der Waals surface area (Å²) in [6.07, 6.45) is 4.20. The van der Waals surface area contributed by atoms with Gasteiger partial charge in [0.1, 0.15) is 0 Å². The summed E-state index contributed by atoms with van der Waals surface area (Å²) in [7, 11) is 0. The first-order chi connectivity index (χ1) is 6.15. The molecule has 1 aromatic carbocycles. The number of hydrogen-bond donors (Lipinski definition) is 1. The van der Waals surface area contributed by atoms with E-state index < -0.39 is 0 Å². The number of thiol groups is 1. The topological polar surface area (TPSA) is 0 Å². The second-order valence-electron chi connectivity index (χ2n) is 3.38. The summed E-state index contributed by atoms with van der Waals surface area (Å²) in [5, 5.41) is 0. The highest BCUT2D eigenvalue weighted by Crippen LogP contribution is 2.16. The highest BCUT2D eigenvalue weighted by molar-refractivity contribution is 7.80. The molecule has 0 heterocycles. The molecule has 0 aliphatic heterocycles. The summed E-state index contributed by atoms with van der Waals surface area (Å²) in [6, 6.07) is 4.46. The minimum atomic E-state index is 0.798. The zero-order valence-corrected chi connectivity index (χ0v) is 9.36. The summed E-state index contributed by atoms with van der Waals surface area (Å²) in [5.41, 5.74) is 5.35. The van der Waals surface area contributed by atoms with Gasteiger partial charge in [-0.3, -0.25) is 0 Å². The zero-order valence-electron chi connectivity index (χ0n) is 8.46. The maximum Gasteiger partial charge on any atom is 0.00858 e. The van der Waals surface area contributed by atoms with Crippen LogP contribution in [0.15, 0.2) is 18.2 Å². The Kier molecular flexibility index (Phi) is 3.61. The summed E-state index contributed by atoms with van der Waals surface area (Å²) < 4.78 is 0. The second-order valence-corrected chi connectivity index (χ2v) is 3.74. The van der Waals surface area contributed by atoms with Crippen LogP contribution < -0.4 is 0 Å². The van der Waals surface area contributed by atoms with Gasteiger partial charge in [-0.2, -0.15) is 12.6 Å². The van der Waals surface area contributed by atoms with E-state index in [1.165, 1.54) is 22.3 Å². The smallest absolute Gasteiger partial charge is 0.00858 e. The van der Waals surface area contributed by atoms with Crippen molar-refractivity contribution in [3.63, 3.8) is 0 Å². The van der Waals surface area contributed by atoms with Gasteiger partial charge in [-0.05, 0) is 43.0 Å². The Bertz CT molecular complexity index is 324. The lowest BCUT2D eigenvalue weighted by atomic mass is 10.0. The Hall–Kier alpha value is -0.690. The average molecular weight is 192 g/mol. The third-order valence-corrected chi connectivity index (χ3v) is 2.50. The van der Waals surface area contributed by atoms with Crippen LogP contribution in [-0.2, 0) is 0 Å². The standard InChI is InChI=1S/C12H16S/c1-9-7-11(3)12(5-4-6-13)8-10(9)2/h4-5,7-8,13H,6H2,1-3H3. The highest BCUT2D eigenvalue weighted by Gasteiger charge is 1.97. The minimum Gasteiger partial charge on any atom is -0.175 e. The van der Waals surface area contributed by atoms with Gasteiger partial charge in [0, 0.05) is 5.75 Å². The maximum absolute atomic E-state index is 4.14. The molecule has 13 heavy (non-hydrogen) atoms. The molecule has 0 N–H and O–H groups in total. The number of rotatable bonds is 2. The van der Waals surface area contributed by atoms with E-state index >= 15 is 0 Å². The van der Waals surface area contributed by atoms with Crippen LogP contribution in [0.1, 0.15) is 22.3 Å². The predicted molar refractivity (Wildman–Crippen MR) is 63.5 cm³/mol. The van der Waals surface area contributed by atoms with Crippen molar-refractivity contribution in [3.05, 3.63) is 40.5 Å². The largest absolute Gasteiger partial charge is 0.175 e. The molecule has 0 aromatic heterocycles. The molecule has 0 atom stereocenters. The summed E-state index contributed by atoms with van der Waals surface area (Å²) in [4.78, 5) is 0. The third-order valence-electron chi connectivity index (χ3n) is 2.29. The van der Waals surface area contributed by atoms with Crippen molar-refractivity contribution in [2.75, 3.05) is 5.75 Å². The Balaban J connectivity index is 3.08. The van der Waals surface area contributed by atoms with Crippen LogP contribution in [-0.4, -0.2) is 5.75 Å². The monoisotopic (exact) mass is 192 g/mol. The van der Waals surface area contributed by atoms with E-state index in [0.29, 0.717) is 0 Å². The van der Waals surface area contributed by atoms with E-state index in [-0.39, 0.29) is 0 Å². The van der Waals surface area contributed by atoms with Crippen LogP contribution in [0.4, 0.5) is 0 Å². The van der Waals surface area contributed by atoms with Gasteiger partial charge in [0.2, 0.25) is 0 Å². The van der Waals surface area contributed by atoms with Crippen LogP contribution in [0.2, 0.25) is 0 Å². The van der Waals surface area contributed by atoms with E-state index in [0.717, 1.165) is 5.75 Å². The second kappa shape index (κ2) is 4.52. The molecule has 0 radical (unpaired) electrons. The number of hydrogen-bond acceptors (Lipinski definition) is 1. The van der Waals surface area contributed by atoms with Gasteiger partial charge in [0.15, 0.2) is 0 Å². The fourth-order valence-electron chi connectivity index (χ4n) is 1.34. The summed E-state index contributed by atoms with van der Waals surface area (Å²) in [5.74, 6) is 0.798. The summed E-state index contributed by atoms with van der Waals surface area (Å²) >= 11 is 4.14. The van der Waals surface area contributed by atoms with Gasteiger partial charge in [-0.1, -0.05) is 24.3 Å². The lowest BCUT2D eigenvalue weighted by Crippen LogP contribution is -1.87. The van der Waals surface area contributed by atoms with Crippen LogP contribution in [0.5, 0.6) is 0 Å². The molecule has 1 rings (SSSR count). The van der Waals surface area contributed by atoms with Crippen molar-refractivity contribution < 1.29 is 0 Å². The molecule has 0 spiro atoms. The molecule has 0 amide bonds. The van der Waals surface area contributed by atoms with Gasteiger partial charge < -0.3 is 0 Å². The van der Waals surface area contributed by atoms with E-state index in [2.05, 4.69) is 57.7 Å². The fourth-order valence-corrected chi connectivity index (χ4v) is 1.45. The fraction of sp³-hybridized carbons (Fsp3) is 0.333.